The zero-order valence-electron chi connectivity index (χ0n) is 10.3. The number of aliphatic hydroxyl groups is 1. The first-order valence-electron chi connectivity index (χ1n) is 6.16. The van der Waals surface area contributed by atoms with Crippen molar-refractivity contribution in [3.8, 4) is 0 Å². The van der Waals surface area contributed by atoms with Crippen LogP contribution in [0.5, 0.6) is 0 Å². The van der Waals surface area contributed by atoms with Gasteiger partial charge in [0.1, 0.15) is 0 Å². The summed E-state index contributed by atoms with van der Waals surface area (Å²) in [4.78, 5) is 12.1. The lowest BCUT2D eigenvalue weighted by atomic mass is 9.70. The Morgan fingerprint density at radius 2 is 2.12 bits per heavy atom. The van der Waals surface area contributed by atoms with E-state index in [9.17, 15) is 4.79 Å². The molecule has 16 heavy (non-hydrogen) atoms. The molecule has 0 saturated heterocycles. The number of hydrogen-bond donors (Lipinski definition) is 3. The van der Waals surface area contributed by atoms with Gasteiger partial charge < -0.3 is 16.2 Å². The van der Waals surface area contributed by atoms with Crippen LogP contribution in [0.15, 0.2) is 0 Å². The number of nitrogens with one attached hydrogen (secondary N) is 1. The van der Waals surface area contributed by atoms with E-state index in [0.29, 0.717) is 12.5 Å². The monoisotopic (exact) mass is 228 g/mol. The lowest BCUT2D eigenvalue weighted by Gasteiger charge is -2.37. The van der Waals surface area contributed by atoms with Crippen molar-refractivity contribution in [2.45, 2.75) is 45.6 Å². The smallest absolute Gasteiger partial charge is 0.227 e. The molecular weight excluding hydrogens is 204 g/mol. The Morgan fingerprint density at radius 3 is 2.56 bits per heavy atom. The Morgan fingerprint density at radius 1 is 1.56 bits per heavy atom. The van der Waals surface area contributed by atoms with Crippen molar-refractivity contribution in [3.63, 3.8) is 0 Å². The molecule has 1 atom stereocenters. The zero-order valence-corrected chi connectivity index (χ0v) is 10.3. The summed E-state index contributed by atoms with van der Waals surface area (Å²) in [5.74, 6) is 0.714. The molecule has 0 aromatic heterocycles. The molecule has 1 aliphatic carbocycles. The number of rotatable bonds is 4. The van der Waals surface area contributed by atoms with E-state index in [2.05, 4.69) is 12.2 Å². The highest BCUT2D eigenvalue weighted by Crippen LogP contribution is 2.38. The maximum Gasteiger partial charge on any atom is 0.227 e. The highest BCUT2D eigenvalue weighted by Gasteiger charge is 2.39. The predicted octanol–water partition coefficient (Wildman–Crippen LogP) is 0.639. The van der Waals surface area contributed by atoms with Gasteiger partial charge in [0, 0.05) is 12.6 Å². The molecule has 1 aliphatic rings. The molecule has 0 aromatic carbocycles. The SMILES string of the molecule is CC1CCC(CN)(C(=O)N[C@@H](C)CO)CC1. The molecule has 0 bridgehead atoms. The molecule has 4 heteroatoms. The van der Waals surface area contributed by atoms with E-state index in [1.165, 1.54) is 0 Å². The van der Waals surface area contributed by atoms with Crippen LogP contribution in [0.25, 0.3) is 0 Å². The Balaban J connectivity index is 2.62. The van der Waals surface area contributed by atoms with E-state index in [1.54, 1.807) is 6.92 Å². The molecule has 0 spiro atoms. The van der Waals surface area contributed by atoms with Crippen LogP contribution in [0, 0.1) is 11.3 Å². The number of nitrogens with two attached hydrogens (primary N) is 1. The third kappa shape index (κ3) is 2.95. The van der Waals surface area contributed by atoms with Crippen molar-refractivity contribution in [2.24, 2.45) is 17.1 Å². The van der Waals surface area contributed by atoms with E-state index >= 15 is 0 Å². The summed E-state index contributed by atoms with van der Waals surface area (Å²) in [5, 5.41) is 11.8. The molecule has 0 aliphatic heterocycles. The van der Waals surface area contributed by atoms with Crippen LogP contribution in [0.4, 0.5) is 0 Å². The Hall–Kier alpha value is -0.610. The van der Waals surface area contributed by atoms with E-state index in [0.717, 1.165) is 25.7 Å². The summed E-state index contributed by atoms with van der Waals surface area (Å²) in [5.41, 5.74) is 5.39. The minimum Gasteiger partial charge on any atom is -0.394 e. The summed E-state index contributed by atoms with van der Waals surface area (Å²) < 4.78 is 0. The quantitative estimate of drug-likeness (QED) is 0.661. The van der Waals surface area contributed by atoms with E-state index < -0.39 is 5.41 Å². The normalized spacial score (nSPS) is 32.1. The van der Waals surface area contributed by atoms with Gasteiger partial charge in [0.05, 0.1) is 12.0 Å². The van der Waals surface area contributed by atoms with E-state index in [1.807, 2.05) is 0 Å². The minimum atomic E-state index is -0.393. The lowest BCUT2D eigenvalue weighted by molar-refractivity contribution is -0.133. The average Bonchev–Trinajstić information content (AvgIpc) is 2.30. The van der Waals surface area contributed by atoms with Crippen LogP contribution in [0.1, 0.15) is 39.5 Å². The molecule has 1 rings (SSSR count). The second-order valence-electron chi connectivity index (χ2n) is 5.22. The van der Waals surface area contributed by atoms with Gasteiger partial charge in [-0.2, -0.15) is 0 Å². The van der Waals surface area contributed by atoms with Gasteiger partial charge in [0.25, 0.3) is 0 Å². The molecule has 4 nitrogen and oxygen atoms in total. The second kappa shape index (κ2) is 5.64. The second-order valence-corrected chi connectivity index (χ2v) is 5.22. The Labute approximate surface area is 97.6 Å². The fourth-order valence-corrected chi connectivity index (χ4v) is 2.26. The third-order valence-corrected chi connectivity index (χ3v) is 3.76. The van der Waals surface area contributed by atoms with Gasteiger partial charge in [0.2, 0.25) is 5.91 Å². The summed E-state index contributed by atoms with van der Waals surface area (Å²) in [7, 11) is 0. The van der Waals surface area contributed by atoms with Gasteiger partial charge in [-0.05, 0) is 38.5 Å². The topological polar surface area (TPSA) is 75.4 Å². The number of carbonyl (C=O) groups is 1. The van der Waals surface area contributed by atoms with Gasteiger partial charge in [-0.25, -0.2) is 0 Å². The van der Waals surface area contributed by atoms with Crippen LogP contribution in [0.2, 0.25) is 0 Å². The van der Waals surface area contributed by atoms with Crippen LogP contribution >= 0.6 is 0 Å². The maximum atomic E-state index is 12.1. The van der Waals surface area contributed by atoms with Gasteiger partial charge in [-0.3, -0.25) is 4.79 Å². The van der Waals surface area contributed by atoms with Gasteiger partial charge in [-0.1, -0.05) is 6.92 Å². The Kier molecular flexibility index (Phi) is 4.74. The largest absolute Gasteiger partial charge is 0.394 e. The van der Waals surface area contributed by atoms with Crippen LogP contribution in [-0.2, 0) is 4.79 Å². The van der Waals surface area contributed by atoms with Gasteiger partial charge in [-0.15, -0.1) is 0 Å². The van der Waals surface area contributed by atoms with Crippen LogP contribution in [0.3, 0.4) is 0 Å². The molecule has 94 valence electrons. The third-order valence-electron chi connectivity index (χ3n) is 3.76. The Bertz CT molecular complexity index is 235. The summed E-state index contributed by atoms with van der Waals surface area (Å²) in [6.07, 6.45) is 3.87. The predicted molar refractivity (Wildman–Crippen MR) is 63.8 cm³/mol. The molecule has 1 saturated carbocycles. The number of aliphatic hydroxyl groups excluding tert-OH is 1. The highest BCUT2D eigenvalue weighted by atomic mass is 16.3. The van der Waals surface area contributed by atoms with Crippen molar-refractivity contribution < 1.29 is 9.90 Å². The highest BCUT2D eigenvalue weighted by molar-refractivity contribution is 5.83. The molecule has 0 heterocycles. The average molecular weight is 228 g/mol. The molecule has 1 amide bonds. The fraction of sp³-hybridized carbons (Fsp3) is 0.917. The lowest BCUT2D eigenvalue weighted by Crippen LogP contribution is -2.50. The summed E-state index contributed by atoms with van der Waals surface area (Å²) in [6.45, 7) is 4.40. The van der Waals surface area contributed by atoms with E-state index in [-0.39, 0.29) is 18.6 Å². The van der Waals surface area contributed by atoms with Crippen LogP contribution in [-0.4, -0.2) is 30.2 Å². The van der Waals surface area contributed by atoms with Crippen molar-refractivity contribution in [2.75, 3.05) is 13.2 Å². The standard InChI is InChI=1S/C12H24N2O2/c1-9-3-5-12(8-13,6-4-9)11(16)14-10(2)7-15/h9-10,15H,3-8,13H2,1-2H3,(H,14,16)/t9?,10-,12?/m0/s1. The minimum absolute atomic E-state index is 0.0171. The van der Waals surface area contributed by atoms with Gasteiger partial charge in [0.15, 0.2) is 0 Å². The van der Waals surface area contributed by atoms with Crippen molar-refractivity contribution in [3.05, 3.63) is 0 Å². The molecule has 4 N–H and O–H groups in total. The van der Waals surface area contributed by atoms with Crippen LogP contribution < -0.4 is 11.1 Å². The zero-order chi connectivity index (χ0) is 12.2. The molecular formula is C12H24N2O2. The fourth-order valence-electron chi connectivity index (χ4n) is 2.26. The van der Waals surface area contributed by atoms with E-state index in [4.69, 9.17) is 10.8 Å². The van der Waals surface area contributed by atoms with Crippen molar-refractivity contribution >= 4 is 5.91 Å². The molecule has 0 unspecified atom stereocenters. The molecule has 0 radical (unpaired) electrons. The first-order valence-corrected chi connectivity index (χ1v) is 6.16. The van der Waals surface area contributed by atoms with Crippen molar-refractivity contribution in [1.82, 2.24) is 5.32 Å². The number of hydrogen-bond acceptors (Lipinski definition) is 3. The maximum absolute atomic E-state index is 12.1. The first-order chi connectivity index (χ1) is 7.54. The summed E-state index contributed by atoms with van der Waals surface area (Å²) >= 11 is 0. The van der Waals surface area contributed by atoms with Gasteiger partial charge >= 0.3 is 0 Å². The summed E-state index contributed by atoms with van der Waals surface area (Å²) in [6, 6.07) is -0.185. The number of carbonyl (C=O) groups excluding carboxylic acids is 1. The first kappa shape index (κ1) is 13.5. The van der Waals surface area contributed by atoms with Crippen molar-refractivity contribution in [1.29, 1.82) is 0 Å². The molecule has 1 fully saturated rings. The molecule has 0 aromatic rings. The number of amides is 1.